The van der Waals surface area contributed by atoms with Gasteiger partial charge in [0.15, 0.2) is 0 Å². The fourth-order valence-corrected chi connectivity index (χ4v) is 4.69. The van der Waals surface area contributed by atoms with Gasteiger partial charge in [-0.25, -0.2) is 12.8 Å². The molecule has 8 nitrogen and oxygen atoms in total. The molecule has 1 aliphatic heterocycles. The van der Waals surface area contributed by atoms with Crippen LogP contribution in [0.4, 0.5) is 15.8 Å². The summed E-state index contributed by atoms with van der Waals surface area (Å²) in [5, 5.41) is 5.73. The van der Waals surface area contributed by atoms with E-state index < -0.39 is 21.7 Å². The van der Waals surface area contributed by atoms with Gasteiger partial charge in [0.25, 0.3) is 0 Å². The summed E-state index contributed by atoms with van der Waals surface area (Å²) in [4.78, 5) is 25.4. The van der Waals surface area contributed by atoms with Crippen molar-refractivity contribution in [3.05, 3.63) is 53.3 Å². The maximum absolute atomic E-state index is 13.7. The molecule has 2 aromatic rings. The minimum atomic E-state index is -3.65. The molecule has 0 unspecified atom stereocenters. The van der Waals surface area contributed by atoms with Crippen LogP contribution >= 0.6 is 11.6 Å². The smallest absolute Gasteiger partial charge is 0.243 e. The van der Waals surface area contributed by atoms with Crippen molar-refractivity contribution in [1.82, 2.24) is 9.21 Å². The lowest BCUT2D eigenvalue weighted by atomic mass is 10.2. The lowest BCUT2D eigenvalue weighted by Gasteiger charge is -2.34. The second kappa shape index (κ2) is 9.63. The lowest BCUT2D eigenvalue weighted by Crippen LogP contribution is -2.51. The summed E-state index contributed by atoms with van der Waals surface area (Å²) in [6.07, 6.45) is 0. The zero-order valence-corrected chi connectivity index (χ0v) is 18.3. The number of rotatable bonds is 6. The van der Waals surface area contributed by atoms with Crippen molar-refractivity contribution in [2.45, 2.75) is 11.8 Å². The quantitative estimate of drug-likeness (QED) is 0.678. The molecule has 11 heteroatoms. The van der Waals surface area contributed by atoms with Gasteiger partial charge in [-0.3, -0.25) is 9.59 Å². The third-order valence-electron chi connectivity index (χ3n) is 4.76. The molecule has 1 fully saturated rings. The van der Waals surface area contributed by atoms with Crippen LogP contribution in [-0.4, -0.2) is 62.2 Å². The van der Waals surface area contributed by atoms with Gasteiger partial charge < -0.3 is 15.5 Å². The molecule has 3 rings (SSSR count). The predicted octanol–water partition coefficient (Wildman–Crippen LogP) is 2.38. The summed E-state index contributed by atoms with van der Waals surface area (Å²) in [7, 11) is -3.65. The average molecular weight is 469 g/mol. The molecule has 0 spiro atoms. The summed E-state index contributed by atoms with van der Waals surface area (Å²) in [5.41, 5.74) is 0.494. The van der Waals surface area contributed by atoms with Crippen molar-refractivity contribution < 1.29 is 22.4 Å². The summed E-state index contributed by atoms with van der Waals surface area (Å²) in [5.74, 6) is -1.20. The Bertz CT molecular complexity index is 1070. The molecule has 1 saturated heterocycles. The largest absolute Gasteiger partial charge is 0.376 e. The second-order valence-electron chi connectivity index (χ2n) is 6.97. The van der Waals surface area contributed by atoms with Crippen molar-refractivity contribution >= 4 is 44.8 Å². The first kappa shape index (κ1) is 23.0. The minimum Gasteiger partial charge on any atom is -0.376 e. The van der Waals surface area contributed by atoms with Crippen LogP contribution < -0.4 is 10.6 Å². The van der Waals surface area contributed by atoms with E-state index in [4.69, 9.17) is 11.6 Å². The molecule has 0 aromatic heterocycles. The number of hydrogen-bond acceptors (Lipinski definition) is 5. The first-order valence-corrected chi connectivity index (χ1v) is 11.3. The standard InChI is InChI=1S/C20H22ClFN4O4S/c1-14(27)24-19-12-16(4-7-18(19)22)23-13-20(28)25-8-10-26(11-9-25)31(29,30)17-5-2-15(21)3-6-17/h2-7,12,23H,8-11,13H2,1H3,(H,24,27). The van der Waals surface area contributed by atoms with E-state index in [9.17, 15) is 22.4 Å². The van der Waals surface area contributed by atoms with Gasteiger partial charge in [0.2, 0.25) is 21.8 Å². The predicted molar refractivity (Wildman–Crippen MR) is 116 cm³/mol. The van der Waals surface area contributed by atoms with Gasteiger partial charge in [0, 0.05) is 43.8 Å². The number of piperazine rings is 1. The van der Waals surface area contributed by atoms with Gasteiger partial charge in [-0.2, -0.15) is 4.31 Å². The molecule has 0 saturated carbocycles. The molecule has 2 N–H and O–H groups in total. The Morgan fingerprint density at radius 2 is 1.71 bits per heavy atom. The summed E-state index contributed by atoms with van der Waals surface area (Å²) in [6.45, 7) is 2.10. The number of nitrogens with zero attached hydrogens (tertiary/aromatic N) is 2. The Kier molecular flexibility index (Phi) is 7.14. The fourth-order valence-electron chi connectivity index (χ4n) is 3.14. The van der Waals surface area contributed by atoms with Crippen molar-refractivity contribution in [3.8, 4) is 0 Å². The monoisotopic (exact) mass is 468 g/mol. The topological polar surface area (TPSA) is 98.8 Å². The molecule has 31 heavy (non-hydrogen) atoms. The van der Waals surface area contributed by atoms with E-state index in [-0.39, 0.29) is 49.2 Å². The van der Waals surface area contributed by atoms with E-state index in [0.717, 1.165) is 0 Å². The van der Waals surface area contributed by atoms with Gasteiger partial charge in [-0.1, -0.05) is 11.6 Å². The van der Waals surface area contributed by atoms with Crippen molar-refractivity contribution in [3.63, 3.8) is 0 Å². The molecular formula is C20H22ClFN4O4S. The summed E-state index contributed by atoms with van der Waals surface area (Å²) in [6, 6.07) is 10.0. The SMILES string of the molecule is CC(=O)Nc1cc(NCC(=O)N2CCN(S(=O)(=O)c3ccc(Cl)cc3)CC2)ccc1F. The molecule has 0 radical (unpaired) electrons. The number of amides is 2. The highest BCUT2D eigenvalue weighted by Crippen LogP contribution is 2.21. The van der Waals surface area contributed by atoms with E-state index >= 15 is 0 Å². The minimum absolute atomic E-state index is 0.0194. The normalized spacial score (nSPS) is 14.9. The van der Waals surface area contributed by atoms with Crippen LogP contribution in [-0.2, 0) is 19.6 Å². The third kappa shape index (κ3) is 5.72. The molecule has 1 aliphatic rings. The lowest BCUT2D eigenvalue weighted by molar-refractivity contribution is -0.130. The van der Waals surface area contributed by atoms with E-state index in [2.05, 4.69) is 10.6 Å². The molecular weight excluding hydrogens is 447 g/mol. The molecule has 0 aliphatic carbocycles. The Labute approximate surface area is 185 Å². The van der Waals surface area contributed by atoms with Gasteiger partial charge in [-0.05, 0) is 42.5 Å². The fraction of sp³-hybridized carbons (Fsp3) is 0.300. The Morgan fingerprint density at radius 1 is 1.06 bits per heavy atom. The van der Waals surface area contributed by atoms with Crippen LogP contribution in [0.1, 0.15) is 6.92 Å². The summed E-state index contributed by atoms with van der Waals surface area (Å²) < 4.78 is 40.5. The van der Waals surface area contributed by atoms with Crippen LogP contribution in [0.25, 0.3) is 0 Å². The number of sulfonamides is 1. The number of carbonyl (C=O) groups is 2. The van der Waals surface area contributed by atoms with Crippen molar-refractivity contribution in [1.29, 1.82) is 0 Å². The Hall–Kier alpha value is -2.69. The molecule has 2 aromatic carbocycles. The van der Waals surface area contributed by atoms with Crippen LogP contribution in [0.15, 0.2) is 47.4 Å². The Morgan fingerprint density at radius 3 is 2.32 bits per heavy atom. The average Bonchev–Trinajstić information content (AvgIpc) is 2.74. The van der Waals surface area contributed by atoms with Crippen LogP contribution in [0.5, 0.6) is 0 Å². The molecule has 2 amide bonds. The first-order valence-electron chi connectivity index (χ1n) is 9.51. The second-order valence-corrected chi connectivity index (χ2v) is 9.34. The molecule has 0 bridgehead atoms. The number of benzene rings is 2. The number of anilines is 2. The molecule has 166 valence electrons. The zero-order valence-electron chi connectivity index (χ0n) is 16.8. The van der Waals surface area contributed by atoms with E-state index in [1.54, 1.807) is 4.90 Å². The van der Waals surface area contributed by atoms with Crippen LogP contribution in [0.3, 0.4) is 0 Å². The highest BCUT2D eigenvalue weighted by atomic mass is 35.5. The molecule has 0 atom stereocenters. The number of halogens is 2. The van der Waals surface area contributed by atoms with E-state index in [1.807, 2.05) is 0 Å². The highest BCUT2D eigenvalue weighted by Gasteiger charge is 2.30. The van der Waals surface area contributed by atoms with Gasteiger partial charge >= 0.3 is 0 Å². The van der Waals surface area contributed by atoms with Gasteiger partial charge in [0.05, 0.1) is 17.1 Å². The first-order chi connectivity index (χ1) is 14.7. The van der Waals surface area contributed by atoms with Crippen molar-refractivity contribution in [2.75, 3.05) is 43.4 Å². The summed E-state index contributed by atoms with van der Waals surface area (Å²) >= 11 is 5.82. The van der Waals surface area contributed by atoms with Crippen LogP contribution in [0.2, 0.25) is 5.02 Å². The van der Waals surface area contributed by atoms with Crippen LogP contribution in [0, 0.1) is 5.82 Å². The molecule has 1 heterocycles. The van der Waals surface area contributed by atoms with E-state index in [1.165, 1.54) is 53.7 Å². The van der Waals surface area contributed by atoms with Crippen molar-refractivity contribution in [2.24, 2.45) is 0 Å². The highest BCUT2D eigenvalue weighted by molar-refractivity contribution is 7.89. The zero-order chi connectivity index (χ0) is 22.6. The van der Waals surface area contributed by atoms with Gasteiger partial charge in [0.1, 0.15) is 5.82 Å². The number of nitrogens with one attached hydrogen (secondary N) is 2. The Balaban J connectivity index is 1.55. The maximum Gasteiger partial charge on any atom is 0.243 e. The van der Waals surface area contributed by atoms with Gasteiger partial charge in [-0.15, -0.1) is 0 Å². The third-order valence-corrected chi connectivity index (χ3v) is 6.93. The van der Waals surface area contributed by atoms with E-state index in [0.29, 0.717) is 10.7 Å². The maximum atomic E-state index is 13.7. The number of carbonyl (C=O) groups excluding carboxylic acids is 2. The number of hydrogen-bond donors (Lipinski definition) is 2.